The first-order valence-corrected chi connectivity index (χ1v) is 10.5. The lowest BCUT2D eigenvalue weighted by atomic mass is 9.91. The minimum absolute atomic E-state index is 0.0199. The van der Waals surface area contributed by atoms with Gasteiger partial charge in [-0.15, -0.1) is 0 Å². The number of methoxy groups -OCH3 is 2. The van der Waals surface area contributed by atoms with Crippen molar-refractivity contribution in [3.63, 3.8) is 0 Å². The number of amides is 1. The second-order valence-electron chi connectivity index (χ2n) is 7.88. The molecule has 3 saturated heterocycles. The van der Waals surface area contributed by atoms with E-state index >= 15 is 0 Å². The highest BCUT2D eigenvalue weighted by atomic mass is 16.5. The van der Waals surface area contributed by atoms with E-state index in [0.717, 1.165) is 18.8 Å². The standard InChI is InChI=1S/C20H32N6O3/c1-28-15-8-7-13(11-16(15)29-2)22-18-17-14(12-21-25-19(17)27)23-20(24-18)26-9-5-3-4-6-10-26/h7-8,11,14,17-18,20-24H,3-6,9-10,12H2,1-2H3,(H,25,27). The Morgan fingerprint density at radius 1 is 1.03 bits per heavy atom. The summed E-state index contributed by atoms with van der Waals surface area (Å²) < 4.78 is 10.8. The molecule has 1 aromatic rings. The summed E-state index contributed by atoms with van der Waals surface area (Å²) in [5.41, 5.74) is 6.67. The van der Waals surface area contributed by atoms with E-state index in [1.807, 2.05) is 18.2 Å². The Morgan fingerprint density at radius 3 is 2.52 bits per heavy atom. The van der Waals surface area contributed by atoms with Crippen molar-refractivity contribution in [1.29, 1.82) is 0 Å². The lowest BCUT2D eigenvalue weighted by Gasteiger charge is -2.48. The van der Waals surface area contributed by atoms with Crippen LogP contribution in [0.3, 0.4) is 0 Å². The van der Waals surface area contributed by atoms with Crippen LogP contribution in [0.25, 0.3) is 0 Å². The monoisotopic (exact) mass is 404 g/mol. The Labute approximate surface area is 171 Å². The van der Waals surface area contributed by atoms with E-state index in [2.05, 4.69) is 31.7 Å². The Balaban J connectivity index is 1.55. The maximum Gasteiger partial charge on any atom is 0.242 e. The van der Waals surface area contributed by atoms with Crippen molar-refractivity contribution in [2.45, 2.75) is 44.2 Å². The fraction of sp³-hybridized carbons (Fsp3) is 0.650. The van der Waals surface area contributed by atoms with Crippen molar-refractivity contribution >= 4 is 11.6 Å². The number of carbonyl (C=O) groups excluding carboxylic acids is 1. The van der Waals surface area contributed by atoms with Crippen LogP contribution in [0.5, 0.6) is 11.5 Å². The van der Waals surface area contributed by atoms with Gasteiger partial charge < -0.3 is 14.8 Å². The van der Waals surface area contributed by atoms with Crippen molar-refractivity contribution in [1.82, 2.24) is 26.4 Å². The number of nitrogens with one attached hydrogen (secondary N) is 5. The number of fused-ring (bicyclic) bond motifs is 1. The molecule has 4 unspecified atom stereocenters. The molecule has 1 amide bonds. The summed E-state index contributed by atoms with van der Waals surface area (Å²) in [6, 6.07) is 5.75. The first-order chi connectivity index (χ1) is 14.2. The number of hydrogen-bond acceptors (Lipinski definition) is 8. The van der Waals surface area contributed by atoms with Gasteiger partial charge in [0.25, 0.3) is 0 Å². The molecule has 160 valence electrons. The summed E-state index contributed by atoms with van der Waals surface area (Å²) in [6.07, 6.45) is 4.80. The van der Waals surface area contributed by atoms with E-state index in [1.165, 1.54) is 25.7 Å². The molecule has 3 heterocycles. The summed E-state index contributed by atoms with van der Waals surface area (Å²) >= 11 is 0. The number of ether oxygens (including phenoxy) is 2. The van der Waals surface area contributed by atoms with Crippen LogP contribution < -0.4 is 36.3 Å². The van der Waals surface area contributed by atoms with Gasteiger partial charge in [0.05, 0.1) is 26.3 Å². The van der Waals surface area contributed by atoms with E-state index in [9.17, 15) is 4.79 Å². The number of hydrazine groups is 1. The molecule has 0 aliphatic carbocycles. The van der Waals surface area contributed by atoms with Crippen molar-refractivity contribution in [3.8, 4) is 11.5 Å². The van der Waals surface area contributed by atoms with Gasteiger partial charge in [0.2, 0.25) is 5.91 Å². The molecule has 4 rings (SSSR count). The van der Waals surface area contributed by atoms with E-state index in [4.69, 9.17) is 9.47 Å². The van der Waals surface area contributed by atoms with E-state index in [0.29, 0.717) is 18.0 Å². The Kier molecular flexibility index (Phi) is 6.39. The quantitative estimate of drug-likeness (QED) is 0.482. The van der Waals surface area contributed by atoms with Crippen LogP contribution in [0.4, 0.5) is 5.69 Å². The highest BCUT2D eigenvalue weighted by Gasteiger charge is 2.44. The van der Waals surface area contributed by atoms with Crippen LogP contribution in [0, 0.1) is 5.92 Å². The molecule has 3 aliphatic rings. The Bertz CT molecular complexity index is 709. The Hall–Kier alpha value is -2.07. The smallest absolute Gasteiger partial charge is 0.242 e. The van der Waals surface area contributed by atoms with Crippen molar-refractivity contribution in [3.05, 3.63) is 18.2 Å². The Morgan fingerprint density at radius 2 is 1.79 bits per heavy atom. The summed E-state index contributed by atoms with van der Waals surface area (Å²) in [4.78, 5) is 15.1. The average molecular weight is 405 g/mol. The fourth-order valence-electron chi connectivity index (χ4n) is 4.51. The number of nitrogens with zero attached hydrogens (tertiary/aromatic N) is 1. The predicted molar refractivity (Wildman–Crippen MR) is 110 cm³/mol. The van der Waals surface area contributed by atoms with Gasteiger partial charge in [-0.25, -0.2) is 5.43 Å². The summed E-state index contributed by atoms with van der Waals surface area (Å²) in [5.74, 6) is 1.07. The van der Waals surface area contributed by atoms with Crippen LogP contribution >= 0.6 is 0 Å². The molecule has 0 radical (unpaired) electrons. The van der Waals surface area contributed by atoms with E-state index in [-0.39, 0.29) is 30.3 Å². The molecular formula is C20H32N6O3. The maximum absolute atomic E-state index is 12.6. The van der Waals surface area contributed by atoms with Crippen molar-refractivity contribution < 1.29 is 14.3 Å². The lowest BCUT2D eigenvalue weighted by molar-refractivity contribution is -0.132. The molecule has 29 heavy (non-hydrogen) atoms. The largest absolute Gasteiger partial charge is 0.493 e. The van der Waals surface area contributed by atoms with Crippen LogP contribution in [0.1, 0.15) is 25.7 Å². The van der Waals surface area contributed by atoms with Gasteiger partial charge in [-0.3, -0.25) is 25.8 Å². The van der Waals surface area contributed by atoms with Gasteiger partial charge >= 0.3 is 0 Å². The van der Waals surface area contributed by atoms with Gasteiger partial charge in [-0.2, -0.15) is 0 Å². The number of likely N-dealkylation sites (tertiary alicyclic amines) is 1. The van der Waals surface area contributed by atoms with Gasteiger partial charge in [-0.05, 0) is 25.0 Å². The van der Waals surface area contributed by atoms with Crippen LogP contribution in [-0.2, 0) is 4.79 Å². The number of anilines is 1. The number of rotatable bonds is 5. The molecule has 3 fully saturated rings. The third-order valence-corrected chi connectivity index (χ3v) is 6.05. The highest BCUT2D eigenvalue weighted by Crippen LogP contribution is 2.31. The van der Waals surface area contributed by atoms with Gasteiger partial charge in [0, 0.05) is 37.4 Å². The average Bonchev–Trinajstić information content (AvgIpc) is 3.03. The van der Waals surface area contributed by atoms with Crippen LogP contribution in [0.2, 0.25) is 0 Å². The molecule has 3 aliphatic heterocycles. The summed E-state index contributed by atoms with van der Waals surface area (Å²) in [6.45, 7) is 2.81. The molecule has 9 nitrogen and oxygen atoms in total. The second kappa shape index (κ2) is 9.17. The van der Waals surface area contributed by atoms with Crippen LogP contribution in [0.15, 0.2) is 18.2 Å². The van der Waals surface area contributed by atoms with Crippen molar-refractivity contribution in [2.24, 2.45) is 5.92 Å². The minimum Gasteiger partial charge on any atom is -0.493 e. The zero-order valence-electron chi connectivity index (χ0n) is 17.2. The molecule has 1 aromatic carbocycles. The number of hydrogen-bond donors (Lipinski definition) is 5. The van der Waals surface area contributed by atoms with E-state index < -0.39 is 0 Å². The molecule has 0 saturated carbocycles. The number of benzene rings is 1. The first-order valence-electron chi connectivity index (χ1n) is 10.5. The third kappa shape index (κ3) is 4.42. The first kappa shape index (κ1) is 20.2. The summed E-state index contributed by atoms with van der Waals surface area (Å²) in [7, 11) is 3.24. The van der Waals surface area contributed by atoms with E-state index in [1.54, 1.807) is 14.2 Å². The molecule has 9 heteroatoms. The molecule has 0 spiro atoms. The molecule has 4 atom stereocenters. The normalized spacial score (nSPS) is 30.6. The second-order valence-corrected chi connectivity index (χ2v) is 7.88. The van der Waals surface area contributed by atoms with Gasteiger partial charge in [-0.1, -0.05) is 12.8 Å². The zero-order chi connectivity index (χ0) is 20.2. The minimum atomic E-state index is -0.243. The zero-order valence-corrected chi connectivity index (χ0v) is 17.2. The molecular weight excluding hydrogens is 372 g/mol. The van der Waals surface area contributed by atoms with Crippen molar-refractivity contribution in [2.75, 3.05) is 39.2 Å². The van der Waals surface area contributed by atoms with Crippen LogP contribution in [-0.4, -0.2) is 63.2 Å². The van der Waals surface area contributed by atoms with Gasteiger partial charge in [0.15, 0.2) is 11.5 Å². The lowest BCUT2D eigenvalue weighted by Crippen LogP contribution is -2.76. The topological polar surface area (TPSA) is 98.9 Å². The summed E-state index contributed by atoms with van der Waals surface area (Å²) in [5, 5.41) is 10.8. The maximum atomic E-state index is 12.6. The number of carbonyl (C=O) groups is 1. The SMILES string of the molecule is COc1ccc(NC2NC(N3CCCCCC3)NC3CNNC(=O)C32)cc1OC. The molecule has 0 bridgehead atoms. The predicted octanol–water partition coefficient (Wildman–Crippen LogP) is 0.413. The molecule has 5 N–H and O–H groups in total. The fourth-order valence-corrected chi connectivity index (χ4v) is 4.51. The highest BCUT2D eigenvalue weighted by molar-refractivity contribution is 5.81. The third-order valence-electron chi connectivity index (χ3n) is 6.05. The molecule has 0 aromatic heterocycles. The van der Waals surface area contributed by atoms with Gasteiger partial charge in [0.1, 0.15) is 6.29 Å².